The van der Waals surface area contributed by atoms with Crippen molar-refractivity contribution in [2.75, 3.05) is 23.7 Å². The summed E-state index contributed by atoms with van der Waals surface area (Å²) in [4.78, 5) is 24.8. The monoisotopic (exact) mass is 471 g/mol. The van der Waals surface area contributed by atoms with Gasteiger partial charge in [0.2, 0.25) is 15.9 Å². The van der Waals surface area contributed by atoms with Gasteiger partial charge in [0.15, 0.2) is 6.10 Å². The molecule has 1 saturated heterocycles. The van der Waals surface area contributed by atoms with Crippen LogP contribution >= 0.6 is 0 Å². The lowest BCUT2D eigenvalue weighted by Gasteiger charge is -2.31. The molecule has 2 aliphatic rings. The van der Waals surface area contributed by atoms with Crippen LogP contribution in [0.1, 0.15) is 45.1 Å². The van der Waals surface area contributed by atoms with E-state index in [0.29, 0.717) is 42.4 Å². The Labute approximate surface area is 194 Å². The first-order chi connectivity index (χ1) is 15.6. The quantitative estimate of drug-likeness (QED) is 0.694. The predicted octanol–water partition coefficient (Wildman–Crippen LogP) is 3.57. The van der Waals surface area contributed by atoms with Gasteiger partial charge in [0.1, 0.15) is 5.75 Å². The van der Waals surface area contributed by atoms with Crippen LogP contribution in [0.4, 0.5) is 11.4 Å². The molecule has 0 unspecified atom stereocenters. The van der Waals surface area contributed by atoms with Crippen LogP contribution in [-0.4, -0.2) is 43.7 Å². The fourth-order valence-electron chi connectivity index (χ4n) is 4.07. The predicted molar refractivity (Wildman–Crippen MR) is 126 cm³/mol. The second-order valence-electron chi connectivity index (χ2n) is 8.88. The number of rotatable bonds is 5. The Morgan fingerprint density at radius 1 is 1.18 bits per heavy atom. The van der Waals surface area contributed by atoms with E-state index in [2.05, 4.69) is 24.5 Å². The second kappa shape index (κ2) is 9.15. The normalized spacial score (nSPS) is 21.2. The highest BCUT2D eigenvalue weighted by molar-refractivity contribution is 7.89. The maximum Gasteiger partial charge on any atom is 0.265 e. The summed E-state index contributed by atoms with van der Waals surface area (Å²) in [7, 11) is -3.83. The van der Waals surface area contributed by atoms with Gasteiger partial charge in [-0.2, -0.15) is 4.31 Å². The lowest BCUT2D eigenvalue weighted by atomic mass is 9.98. The fourth-order valence-corrected chi connectivity index (χ4v) is 5.62. The molecular weight excluding hydrogens is 442 g/mol. The number of carbonyl (C=O) groups excluding carboxylic acids is 2. The number of nitrogens with zero attached hydrogens (tertiary/aromatic N) is 1. The van der Waals surface area contributed by atoms with E-state index in [9.17, 15) is 18.0 Å². The third-order valence-corrected chi connectivity index (χ3v) is 7.98. The highest BCUT2D eigenvalue weighted by Crippen LogP contribution is 2.33. The van der Waals surface area contributed by atoms with Crippen LogP contribution in [0.5, 0.6) is 5.75 Å². The van der Waals surface area contributed by atoms with E-state index in [1.807, 2.05) is 24.3 Å². The zero-order valence-electron chi connectivity index (χ0n) is 19.0. The minimum Gasteiger partial charge on any atom is -0.479 e. The third-order valence-electron chi connectivity index (χ3n) is 6.12. The van der Waals surface area contributed by atoms with E-state index < -0.39 is 22.0 Å². The average Bonchev–Trinajstić information content (AvgIpc) is 2.80. The molecular formula is C24H29N3O5S. The molecule has 2 amide bonds. The molecule has 2 aromatic carbocycles. The molecule has 2 atom stereocenters. The fraction of sp³-hybridized carbons (Fsp3) is 0.417. The Bertz CT molecular complexity index is 1160. The Hall–Kier alpha value is -2.91. The van der Waals surface area contributed by atoms with Crippen LogP contribution in [0.15, 0.2) is 47.4 Å². The molecule has 2 heterocycles. The summed E-state index contributed by atoms with van der Waals surface area (Å²) in [6.07, 6.45) is 0.572. The van der Waals surface area contributed by atoms with E-state index in [0.717, 1.165) is 0 Å². The number of anilines is 2. The number of hydrogen-bond donors (Lipinski definition) is 2. The number of benzene rings is 2. The topological polar surface area (TPSA) is 105 Å². The van der Waals surface area contributed by atoms with E-state index in [4.69, 9.17) is 4.74 Å². The molecule has 1 fully saturated rings. The molecule has 0 aliphatic carbocycles. The van der Waals surface area contributed by atoms with Crippen LogP contribution in [-0.2, 0) is 19.6 Å². The molecule has 8 nitrogen and oxygen atoms in total. The summed E-state index contributed by atoms with van der Waals surface area (Å²) in [6.45, 7) is 6.28. The molecule has 0 spiro atoms. The first-order valence-electron chi connectivity index (χ1n) is 11.2. The van der Waals surface area contributed by atoms with Crippen molar-refractivity contribution in [1.29, 1.82) is 0 Å². The molecule has 0 aromatic heterocycles. The van der Waals surface area contributed by atoms with Crippen LogP contribution in [0.25, 0.3) is 0 Å². The van der Waals surface area contributed by atoms with Crippen molar-refractivity contribution in [2.45, 2.75) is 50.5 Å². The van der Waals surface area contributed by atoms with Gasteiger partial charge in [-0.1, -0.05) is 26.0 Å². The molecule has 176 valence electrons. The Morgan fingerprint density at radius 2 is 1.91 bits per heavy atom. The van der Waals surface area contributed by atoms with E-state index in [1.165, 1.54) is 22.0 Å². The SMILES string of the molecule is CC(C)c1ccc(NC(=O)[C@@H]2CCCN(S(=O)(=O)c3ccc4c(c3)NC(=O)[C@H](C)O4)C2)cc1. The van der Waals surface area contributed by atoms with Gasteiger partial charge in [-0.25, -0.2) is 8.42 Å². The minimum atomic E-state index is -3.83. The molecule has 2 aliphatic heterocycles. The number of carbonyl (C=O) groups is 2. The molecule has 0 bridgehead atoms. The van der Waals surface area contributed by atoms with Crippen LogP contribution in [0.3, 0.4) is 0 Å². The highest BCUT2D eigenvalue weighted by Gasteiger charge is 2.34. The second-order valence-corrected chi connectivity index (χ2v) is 10.8. The van der Waals surface area contributed by atoms with Gasteiger partial charge in [-0.15, -0.1) is 0 Å². The van der Waals surface area contributed by atoms with Gasteiger partial charge in [0.05, 0.1) is 16.5 Å². The summed E-state index contributed by atoms with van der Waals surface area (Å²) >= 11 is 0. The number of hydrogen-bond acceptors (Lipinski definition) is 5. The van der Waals surface area contributed by atoms with Crippen molar-refractivity contribution >= 4 is 33.2 Å². The van der Waals surface area contributed by atoms with Crippen LogP contribution < -0.4 is 15.4 Å². The molecule has 4 rings (SSSR count). The summed E-state index contributed by atoms with van der Waals surface area (Å²) in [5.41, 5.74) is 2.21. The van der Waals surface area contributed by atoms with Gasteiger partial charge < -0.3 is 15.4 Å². The van der Waals surface area contributed by atoms with Crippen molar-refractivity contribution in [3.05, 3.63) is 48.0 Å². The molecule has 9 heteroatoms. The van der Waals surface area contributed by atoms with Crippen molar-refractivity contribution in [3.8, 4) is 5.75 Å². The Kier molecular flexibility index (Phi) is 6.45. The number of amides is 2. The van der Waals surface area contributed by atoms with Crippen molar-refractivity contribution in [3.63, 3.8) is 0 Å². The molecule has 0 radical (unpaired) electrons. The number of sulfonamides is 1. The zero-order chi connectivity index (χ0) is 23.8. The minimum absolute atomic E-state index is 0.0602. The molecule has 33 heavy (non-hydrogen) atoms. The standard InChI is InChI=1S/C24H29N3O5S/c1-15(2)17-6-8-19(9-7-17)25-24(29)18-5-4-12-27(14-18)33(30,31)20-10-11-22-21(13-20)26-23(28)16(3)32-22/h6-11,13,15-16,18H,4-5,12,14H2,1-3H3,(H,25,29)(H,26,28)/t16-,18+/m0/s1. The molecule has 2 aromatic rings. The van der Waals surface area contributed by atoms with Gasteiger partial charge in [0, 0.05) is 18.8 Å². The first kappa shape index (κ1) is 23.3. The zero-order valence-corrected chi connectivity index (χ0v) is 19.8. The number of ether oxygens (including phenoxy) is 1. The van der Waals surface area contributed by atoms with Gasteiger partial charge in [0.25, 0.3) is 5.91 Å². The smallest absolute Gasteiger partial charge is 0.265 e. The maximum absolute atomic E-state index is 13.3. The summed E-state index contributed by atoms with van der Waals surface area (Å²) < 4.78 is 33.4. The molecule has 2 N–H and O–H groups in total. The van der Waals surface area contributed by atoms with E-state index >= 15 is 0 Å². The number of fused-ring (bicyclic) bond motifs is 1. The van der Waals surface area contributed by atoms with Crippen molar-refractivity contribution in [2.24, 2.45) is 5.92 Å². The molecule has 0 saturated carbocycles. The lowest BCUT2D eigenvalue weighted by molar-refractivity contribution is -0.123. The van der Waals surface area contributed by atoms with E-state index in [1.54, 1.807) is 13.0 Å². The van der Waals surface area contributed by atoms with Gasteiger partial charge >= 0.3 is 0 Å². The highest BCUT2D eigenvalue weighted by atomic mass is 32.2. The average molecular weight is 472 g/mol. The summed E-state index contributed by atoms with van der Waals surface area (Å²) in [5.74, 6) is -0.126. The first-order valence-corrected chi connectivity index (χ1v) is 12.6. The van der Waals surface area contributed by atoms with Crippen LogP contribution in [0.2, 0.25) is 0 Å². The third kappa shape index (κ3) is 4.89. The number of nitrogens with one attached hydrogen (secondary N) is 2. The van der Waals surface area contributed by atoms with Crippen molar-refractivity contribution < 1.29 is 22.7 Å². The van der Waals surface area contributed by atoms with Crippen LogP contribution in [0, 0.1) is 5.92 Å². The van der Waals surface area contributed by atoms with Gasteiger partial charge in [-0.05, 0) is 61.6 Å². The lowest BCUT2D eigenvalue weighted by Crippen LogP contribution is -2.43. The Morgan fingerprint density at radius 3 is 2.61 bits per heavy atom. The van der Waals surface area contributed by atoms with Crippen molar-refractivity contribution in [1.82, 2.24) is 4.31 Å². The summed E-state index contributed by atoms with van der Waals surface area (Å²) in [6, 6.07) is 12.1. The number of piperidine rings is 1. The summed E-state index contributed by atoms with van der Waals surface area (Å²) in [5, 5.41) is 5.59. The van der Waals surface area contributed by atoms with E-state index in [-0.39, 0.29) is 23.3 Å². The maximum atomic E-state index is 13.3. The largest absolute Gasteiger partial charge is 0.479 e. The van der Waals surface area contributed by atoms with Gasteiger partial charge in [-0.3, -0.25) is 9.59 Å². The Balaban J connectivity index is 1.47.